The summed E-state index contributed by atoms with van der Waals surface area (Å²) in [6.45, 7) is 0.577. The number of rotatable bonds is 9. The first-order chi connectivity index (χ1) is 12.1. The van der Waals surface area contributed by atoms with Gasteiger partial charge in [-0.05, 0) is 54.7 Å². The SMILES string of the molecule is O=C(O)c1ccc(-c2ccc(C(=O)OCCCCCCO)cc2)cc1. The zero-order valence-corrected chi connectivity index (χ0v) is 14.0. The standard InChI is InChI=1S/C20H22O5/c21-13-3-1-2-4-14-25-20(24)18-11-7-16(8-12-18)15-5-9-17(10-6-15)19(22)23/h5-12,21H,1-4,13-14H2,(H,22,23). The Morgan fingerprint density at radius 1 is 0.760 bits per heavy atom. The molecule has 0 unspecified atom stereocenters. The van der Waals surface area contributed by atoms with Gasteiger partial charge in [0.05, 0.1) is 17.7 Å². The highest BCUT2D eigenvalue weighted by atomic mass is 16.5. The third-order valence-electron chi connectivity index (χ3n) is 3.87. The maximum atomic E-state index is 12.0. The van der Waals surface area contributed by atoms with Crippen molar-refractivity contribution in [1.82, 2.24) is 0 Å². The number of ether oxygens (including phenoxy) is 1. The van der Waals surface area contributed by atoms with Gasteiger partial charge in [-0.25, -0.2) is 9.59 Å². The van der Waals surface area contributed by atoms with E-state index in [4.69, 9.17) is 14.9 Å². The zero-order valence-electron chi connectivity index (χ0n) is 14.0. The van der Waals surface area contributed by atoms with Crippen LogP contribution in [0.2, 0.25) is 0 Å². The van der Waals surface area contributed by atoms with Gasteiger partial charge in [-0.1, -0.05) is 30.7 Å². The van der Waals surface area contributed by atoms with Gasteiger partial charge in [0.25, 0.3) is 0 Å². The lowest BCUT2D eigenvalue weighted by Crippen LogP contribution is -2.06. The molecule has 0 aliphatic heterocycles. The molecule has 132 valence electrons. The van der Waals surface area contributed by atoms with Crippen molar-refractivity contribution < 1.29 is 24.5 Å². The number of hydrogen-bond acceptors (Lipinski definition) is 4. The molecule has 2 aromatic rings. The molecule has 0 aliphatic carbocycles. The lowest BCUT2D eigenvalue weighted by Gasteiger charge is -2.06. The van der Waals surface area contributed by atoms with E-state index < -0.39 is 5.97 Å². The summed E-state index contributed by atoms with van der Waals surface area (Å²) >= 11 is 0. The Labute approximate surface area is 146 Å². The normalized spacial score (nSPS) is 10.4. The second-order valence-electron chi connectivity index (χ2n) is 5.73. The molecule has 0 aliphatic rings. The van der Waals surface area contributed by atoms with Crippen molar-refractivity contribution in [3.63, 3.8) is 0 Å². The summed E-state index contributed by atoms with van der Waals surface area (Å²) in [6.07, 6.45) is 3.44. The van der Waals surface area contributed by atoms with Crippen LogP contribution in [0.3, 0.4) is 0 Å². The molecule has 0 radical (unpaired) electrons. The van der Waals surface area contributed by atoms with E-state index in [1.165, 1.54) is 0 Å². The number of esters is 1. The Morgan fingerprint density at radius 2 is 1.28 bits per heavy atom. The number of aromatic carboxylic acids is 1. The van der Waals surface area contributed by atoms with Crippen LogP contribution < -0.4 is 0 Å². The summed E-state index contributed by atoms with van der Waals surface area (Å²) in [7, 11) is 0. The van der Waals surface area contributed by atoms with Gasteiger partial charge in [-0.15, -0.1) is 0 Å². The van der Waals surface area contributed by atoms with Crippen molar-refractivity contribution in [2.24, 2.45) is 0 Å². The third-order valence-corrected chi connectivity index (χ3v) is 3.87. The number of unbranched alkanes of at least 4 members (excludes halogenated alkanes) is 3. The van der Waals surface area contributed by atoms with E-state index in [-0.39, 0.29) is 18.1 Å². The summed E-state index contributed by atoms with van der Waals surface area (Å²) in [5, 5.41) is 17.6. The highest BCUT2D eigenvalue weighted by Crippen LogP contribution is 2.21. The van der Waals surface area contributed by atoms with Crippen LogP contribution in [0.15, 0.2) is 48.5 Å². The molecule has 2 aromatic carbocycles. The first kappa shape index (κ1) is 18.7. The molecule has 5 heteroatoms. The summed E-state index contributed by atoms with van der Waals surface area (Å²) in [5.41, 5.74) is 2.51. The number of hydrogen-bond donors (Lipinski definition) is 2. The monoisotopic (exact) mass is 342 g/mol. The van der Waals surface area contributed by atoms with Gasteiger partial charge in [0.2, 0.25) is 0 Å². The molecule has 0 spiro atoms. The highest BCUT2D eigenvalue weighted by molar-refractivity contribution is 5.90. The van der Waals surface area contributed by atoms with E-state index in [0.29, 0.717) is 12.2 Å². The van der Waals surface area contributed by atoms with E-state index in [9.17, 15) is 9.59 Å². The minimum atomic E-state index is -0.957. The molecular weight excluding hydrogens is 320 g/mol. The Morgan fingerprint density at radius 3 is 1.80 bits per heavy atom. The van der Waals surface area contributed by atoms with E-state index in [0.717, 1.165) is 36.8 Å². The van der Waals surface area contributed by atoms with E-state index in [1.54, 1.807) is 36.4 Å². The first-order valence-corrected chi connectivity index (χ1v) is 8.33. The Bertz CT molecular complexity index is 689. The number of carboxylic acids is 1. The molecule has 0 aromatic heterocycles. The molecule has 5 nitrogen and oxygen atoms in total. The van der Waals surface area contributed by atoms with Gasteiger partial charge in [0.1, 0.15) is 0 Å². The predicted octanol–water partition coefficient (Wildman–Crippen LogP) is 3.76. The van der Waals surface area contributed by atoms with Gasteiger partial charge in [0.15, 0.2) is 0 Å². The summed E-state index contributed by atoms with van der Waals surface area (Å²) in [4.78, 5) is 22.8. The van der Waals surface area contributed by atoms with Crippen LogP contribution in [0, 0.1) is 0 Å². The lowest BCUT2D eigenvalue weighted by molar-refractivity contribution is 0.0496. The van der Waals surface area contributed by atoms with Crippen molar-refractivity contribution in [3.05, 3.63) is 59.7 Å². The molecule has 0 saturated carbocycles. The number of benzene rings is 2. The van der Waals surface area contributed by atoms with Crippen LogP contribution in [-0.4, -0.2) is 35.4 Å². The predicted molar refractivity (Wildman–Crippen MR) is 94.7 cm³/mol. The fourth-order valence-electron chi connectivity index (χ4n) is 2.42. The van der Waals surface area contributed by atoms with E-state index in [1.807, 2.05) is 12.1 Å². The van der Waals surface area contributed by atoms with Crippen LogP contribution in [-0.2, 0) is 4.74 Å². The smallest absolute Gasteiger partial charge is 0.338 e. The molecule has 0 heterocycles. The van der Waals surface area contributed by atoms with Gasteiger partial charge in [0, 0.05) is 6.61 Å². The zero-order chi connectivity index (χ0) is 18.1. The number of carbonyl (C=O) groups excluding carboxylic acids is 1. The van der Waals surface area contributed by atoms with Gasteiger partial charge in [-0.2, -0.15) is 0 Å². The van der Waals surface area contributed by atoms with E-state index in [2.05, 4.69) is 0 Å². The molecule has 0 amide bonds. The fourth-order valence-corrected chi connectivity index (χ4v) is 2.42. The van der Waals surface area contributed by atoms with Crippen LogP contribution in [0.1, 0.15) is 46.4 Å². The fraction of sp³-hybridized carbons (Fsp3) is 0.300. The molecular formula is C20H22O5. The van der Waals surface area contributed by atoms with Crippen LogP contribution in [0.5, 0.6) is 0 Å². The van der Waals surface area contributed by atoms with Crippen molar-refractivity contribution in [2.45, 2.75) is 25.7 Å². The van der Waals surface area contributed by atoms with Gasteiger partial charge in [-0.3, -0.25) is 0 Å². The van der Waals surface area contributed by atoms with Crippen molar-refractivity contribution in [1.29, 1.82) is 0 Å². The minimum Gasteiger partial charge on any atom is -0.478 e. The molecule has 0 fully saturated rings. The average Bonchev–Trinajstić information content (AvgIpc) is 2.64. The Hall–Kier alpha value is -2.66. The van der Waals surface area contributed by atoms with Crippen LogP contribution in [0.25, 0.3) is 11.1 Å². The molecule has 2 rings (SSSR count). The molecule has 0 atom stereocenters. The van der Waals surface area contributed by atoms with Crippen molar-refractivity contribution >= 4 is 11.9 Å². The summed E-state index contributed by atoms with van der Waals surface area (Å²) in [6, 6.07) is 13.6. The number of aliphatic hydroxyl groups is 1. The number of carboxylic acid groups (broad SMARTS) is 1. The first-order valence-electron chi connectivity index (χ1n) is 8.33. The lowest BCUT2D eigenvalue weighted by atomic mass is 10.0. The quantitative estimate of drug-likeness (QED) is 0.535. The van der Waals surface area contributed by atoms with Crippen molar-refractivity contribution in [3.8, 4) is 11.1 Å². The number of aliphatic hydroxyl groups excluding tert-OH is 1. The Balaban J connectivity index is 1.88. The topological polar surface area (TPSA) is 83.8 Å². The highest BCUT2D eigenvalue weighted by Gasteiger charge is 2.08. The minimum absolute atomic E-state index is 0.200. The van der Waals surface area contributed by atoms with Gasteiger partial charge < -0.3 is 14.9 Å². The molecule has 2 N–H and O–H groups in total. The largest absolute Gasteiger partial charge is 0.478 e. The van der Waals surface area contributed by atoms with Crippen LogP contribution >= 0.6 is 0 Å². The summed E-state index contributed by atoms with van der Waals surface area (Å²) < 4.78 is 5.23. The maximum Gasteiger partial charge on any atom is 0.338 e. The number of carbonyl (C=O) groups is 2. The second-order valence-corrected chi connectivity index (χ2v) is 5.73. The van der Waals surface area contributed by atoms with E-state index >= 15 is 0 Å². The van der Waals surface area contributed by atoms with Crippen molar-refractivity contribution in [2.75, 3.05) is 13.2 Å². The third kappa shape index (κ3) is 5.72. The molecule has 0 saturated heterocycles. The molecule has 25 heavy (non-hydrogen) atoms. The van der Waals surface area contributed by atoms with Gasteiger partial charge >= 0.3 is 11.9 Å². The maximum absolute atomic E-state index is 12.0. The van der Waals surface area contributed by atoms with Crippen LogP contribution in [0.4, 0.5) is 0 Å². The second kappa shape index (κ2) is 9.59. The summed E-state index contributed by atoms with van der Waals surface area (Å²) in [5.74, 6) is -1.31. The Kier molecular flexibility index (Phi) is 7.16. The molecule has 0 bridgehead atoms. The average molecular weight is 342 g/mol.